The normalized spacial score (nSPS) is 34.8. The number of anilines is 4. The van der Waals surface area contributed by atoms with Crippen molar-refractivity contribution in [3.05, 3.63) is 64.1 Å². The molecule has 4 saturated heterocycles. The average molecular weight is 1610 g/mol. The van der Waals surface area contributed by atoms with E-state index in [2.05, 4.69) is 65.0 Å². The summed E-state index contributed by atoms with van der Waals surface area (Å²) in [5.41, 5.74) is 23.2. The fourth-order valence-corrected chi connectivity index (χ4v) is 17.3. The summed E-state index contributed by atoms with van der Waals surface area (Å²) < 4.78 is 167. The van der Waals surface area contributed by atoms with Crippen molar-refractivity contribution in [2.45, 2.75) is 112 Å². The number of aromatic nitrogens is 15. The van der Waals surface area contributed by atoms with E-state index in [1.54, 1.807) is 11.1 Å². The first-order chi connectivity index (χ1) is 51.0. The molecule has 0 bridgehead atoms. The first-order valence-electron chi connectivity index (χ1n) is 32.1. The van der Waals surface area contributed by atoms with Crippen molar-refractivity contribution in [2.24, 2.45) is 11.1 Å². The standard InChI is InChI=1S/C52H72N21O29P5/c1-86-38-37-29(96-48(38)71-20-62-32-42(54)60-19-61-43(32)71)17-94-106(82,83)101-36-28(98-50(40(36)88-3)73-22-64-34-45(73)67-52(56)69-47(34)75)16-93-104(78,79)99-26-13-70(11-24-10-57-31-30(24)58-18-59-41(31)53)12-25(26)14-91-105(80,81)100-35-27(97-49(39(35)87-2)72-21-63-33-44(72)66-51(55)68-46(33)74)15-92-103(76,77)90-9-7-5-4-6-8-89-65-23-95-107(84,85)102-37/h10,18-23,25-29,35-40,48-50,57H,4-9,11-17H2,1-3H3,(H,76,77)(H,78,79)(H,80,81)(H,82,83)(H,84,85)(H2,53,58,59)(H2,54,60,61)(H3,55,66,68,74)(H3,56,67,69,75)/t25-,26+,27+,28-,29-,35+,36-,37-,38-,39+,40-,48-,49+,50-/m1/s1. The second-order valence-electron chi connectivity index (χ2n) is 24.5. The Morgan fingerprint density at radius 3 is 1.54 bits per heavy atom. The number of aromatic amines is 3. The van der Waals surface area contributed by atoms with Crippen molar-refractivity contribution in [1.29, 1.82) is 0 Å². The molecule has 50 nitrogen and oxygen atoms in total. The van der Waals surface area contributed by atoms with Gasteiger partial charge in [0.25, 0.3) is 11.1 Å². The quantitative estimate of drug-likeness (QED) is 0.0907. The van der Waals surface area contributed by atoms with E-state index in [4.69, 9.17) is 101 Å². The van der Waals surface area contributed by atoms with Crippen molar-refractivity contribution >= 4 is 114 Å². The molecule has 55 heteroatoms. The molecule has 584 valence electrons. The van der Waals surface area contributed by atoms with Crippen molar-refractivity contribution in [3.8, 4) is 0 Å². The number of rotatable bonds is 8. The van der Waals surface area contributed by atoms with Gasteiger partial charge < -0.3 is 85.3 Å². The minimum Gasteiger partial charge on any atom is -0.393 e. The van der Waals surface area contributed by atoms with E-state index in [0.29, 0.717) is 42.3 Å². The Balaban J connectivity index is 0.804. The SMILES string of the molecule is CO[C@@H]1[C@@H]2OP(=O)(O)OC=NOCCCCCCOP(=O)(O)OC[C@@H]3O[C@H](n4cnc5c(=O)[nH]c(N)nc54)[C@@H](OC)[C@H]3OP(=O)(O)OC[C@H]3CN(Cc4c[nH]c5c(N)ncnc45)C[C@@H]3OP(=O)(O)OC[C@H]3O[C@@H](n4cnc5c(=O)[nH]c(N)nc54)[C@H](OC)[C@@H]3OP(=O)(O)OC[C@H]2O[C@H]1n1cnc2c(N)ncnc21. The highest BCUT2D eigenvalue weighted by atomic mass is 31.2. The van der Waals surface area contributed by atoms with E-state index >= 15 is 0 Å². The summed E-state index contributed by atoms with van der Waals surface area (Å²) in [6, 6.07) is 0. The zero-order chi connectivity index (χ0) is 75.9. The van der Waals surface area contributed by atoms with Gasteiger partial charge in [0.1, 0.15) is 85.2 Å². The van der Waals surface area contributed by atoms with Crippen LogP contribution in [-0.2, 0) is 108 Å². The van der Waals surface area contributed by atoms with Crippen LogP contribution >= 0.6 is 39.1 Å². The molecule has 8 aromatic rings. The number of oxime groups is 1. The molecule has 19 atom stereocenters. The van der Waals surface area contributed by atoms with Gasteiger partial charge in [-0.25, -0.2) is 57.7 Å². The molecule has 5 aliphatic rings. The van der Waals surface area contributed by atoms with E-state index in [1.165, 1.54) is 36.0 Å². The molecule has 13 heterocycles. The summed E-state index contributed by atoms with van der Waals surface area (Å²) in [7, 11) is -23.4. The van der Waals surface area contributed by atoms with Crippen LogP contribution in [0.4, 0.5) is 23.5 Å². The summed E-state index contributed by atoms with van der Waals surface area (Å²) in [6.45, 7) is -4.59. The highest BCUT2D eigenvalue weighted by Gasteiger charge is 2.56. The van der Waals surface area contributed by atoms with Crippen LogP contribution < -0.4 is 34.1 Å². The molecule has 13 rings (SSSR count). The van der Waals surface area contributed by atoms with Gasteiger partial charge in [-0.05, 0) is 19.3 Å². The predicted molar refractivity (Wildman–Crippen MR) is 358 cm³/mol. The van der Waals surface area contributed by atoms with Crippen LogP contribution in [0.3, 0.4) is 0 Å². The molecular weight excluding hydrogens is 1540 g/mol. The molecule has 0 saturated carbocycles. The lowest BCUT2D eigenvalue weighted by Gasteiger charge is -2.27. The van der Waals surface area contributed by atoms with Crippen LogP contribution in [0.5, 0.6) is 0 Å². The molecule has 0 spiro atoms. The Kier molecular flexibility index (Phi) is 23.2. The molecule has 107 heavy (non-hydrogen) atoms. The van der Waals surface area contributed by atoms with E-state index in [0.717, 1.165) is 30.7 Å². The topological polar surface area (TPSA) is 675 Å². The lowest BCUT2D eigenvalue weighted by atomic mass is 10.1. The van der Waals surface area contributed by atoms with Crippen LogP contribution in [0.15, 0.2) is 52.6 Å². The number of methoxy groups -OCH3 is 3. The molecule has 5 unspecified atom stereocenters. The largest absolute Gasteiger partial charge is 0.528 e. The number of fused-ring (bicyclic) bond motifs is 8. The van der Waals surface area contributed by atoms with Gasteiger partial charge >= 0.3 is 39.1 Å². The Bertz CT molecular complexity index is 4930. The zero-order valence-corrected chi connectivity index (χ0v) is 60.6. The summed E-state index contributed by atoms with van der Waals surface area (Å²) in [5, 5.41) is 3.56. The average Bonchev–Trinajstić information content (AvgIpc) is 1.62. The number of imidazole rings is 3. The van der Waals surface area contributed by atoms with Crippen LogP contribution in [0.1, 0.15) is 49.9 Å². The number of phosphoric ester groups is 5. The van der Waals surface area contributed by atoms with Crippen LogP contribution in [0.25, 0.3) is 44.5 Å². The van der Waals surface area contributed by atoms with Gasteiger partial charge in [-0.3, -0.25) is 83.8 Å². The Labute approximate surface area is 599 Å². The number of hydrogen-bond acceptors (Lipinski definition) is 39. The van der Waals surface area contributed by atoms with Gasteiger partial charge in [-0.15, -0.1) is 0 Å². The van der Waals surface area contributed by atoms with Gasteiger partial charge in [-0.1, -0.05) is 11.6 Å². The lowest BCUT2D eigenvalue weighted by Crippen LogP contribution is -2.38. The number of phosphoric acid groups is 5. The summed E-state index contributed by atoms with van der Waals surface area (Å²) in [5.74, 6) is -1.79. The van der Waals surface area contributed by atoms with Gasteiger partial charge in [0.15, 0.2) is 58.3 Å². The van der Waals surface area contributed by atoms with E-state index in [1.807, 2.05) is 0 Å². The molecule has 5 aliphatic heterocycles. The molecule has 0 radical (unpaired) electrons. The summed E-state index contributed by atoms with van der Waals surface area (Å²) >= 11 is 0. The lowest BCUT2D eigenvalue weighted by molar-refractivity contribution is -0.0627. The van der Waals surface area contributed by atoms with E-state index < -0.39 is 162 Å². The highest BCUT2D eigenvalue weighted by molar-refractivity contribution is 7.48. The minimum absolute atomic E-state index is 0.0258. The van der Waals surface area contributed by atoms with Crippen molar-refractivity contribution in [1.82, 2.24) is 78.4 Å². The van der Waals surface area contributed by atoms with Crippen LogP contribution in [0, 0.1) is 5.92 Å². The van der Waals surface area contributed by atoms with Crippen LogP contribution in [0.2, 0.25) is 0 Å². The first kappa shape index (κ1) is 77.8. The number of hydrogen-bond donors (Lipinski definition) is 12. The molecule has 8 aromatic heterocycles. The Hall–Kier alpha value is -7.35. The third kappa shape index (κ3) is 17.3. The number of likely N-dealkylation sites (tertiary alicyclic amines) is 1. The van der Waals surface area contributed by atoms with Gasteiger partial charge in [0.2, 0.25) is 18.3 Å². The molecule has 16 N–H and O–H groups in total. The number of nitrogens with one attached hydrogen (secondary N) is 3. The third-order valence-electron chi connectivity index (χ3n) is 17.6. The second-order valence-corrected chi connectivity index (χ2v) is 31.5. The van der Waals surface area contributed by atoms with Crippen molar-refractivity contribution < 1.29 is 126 Å². The van der Waals surface area contributed by atoms with Crippen LogP contribution in [-0.4, -0.2) is 244 Å². The summed E-state index contributed by atoms with van der Waals surface area (Å²) in [4.78, 5) is 135. The van der Waals surface area contributed by atoms with E-state index in [-0.39, 0.29) is 96.3 Å². The minimum atomic E-state index is -5.62. The van der Waals surface area contributed by atoms with Gasteiger partial charge in [0, 0.05) is 58.6 Å². The molecular formula is C52H72N21O29P5. The third-order valence-corrected chi connectivity index (χ3v) is 22.4. The number of nitrogen functional groups attached to an aromatic ring is 4. The smallest absolute Gasteiger partial charge is 0.393 e. The molecule has 4 fully saturated rings. The monoisotopic (exact) mass is 1610 g/mol. The predicted octanol–water partition coefficient (Wildman–Crippen LogP) is 0.238. The Morgan fingerprint density at radius 1 is 0.514 bits per heavy atom. The molecule has 0 aromatic carbocycles. The fraction of sp³-hybridized carbons (Fsp3) is 0.577. The van der Waals surface area contributed by atoms with Crippen molar-refractivity contribution in [2.75, 3.05) is 97.0 Å². The van der Waals surface area contributed by atoms with Crippen molar-refractivity contribution in [3.63, 3.8) is 0 Å². The maximum atomic E-state index is 14.6. The maximum absolute atomic E-state index is 14.6. The molecule has 0 amide bonds. The number of nitrogens with zero attached hydrogens (tertiary/aromatic N) is 14. The fourth-order valence-electron chi connectivity index (χ4n) is 12.8. The van der Waals surface area contributed by atoms with Gasteiger partial charge in [-0.2, -0.15) is 9.97 Å². The summed E-state index contributed by atoms with van der Waals surface area (Å²) in [6.07, 6.45) is -11.8. The highest BCUT2D eigenvalue weighted by Crippen LogP contribution is 2.56. The zero-order valence-electron chi connectivity index (χ0n) is 56.2. The number of ether oxygens (including phenoxy) is 6. The number of H-pyrrole nitrogens is 3. The maximum Gasteiger partial charge on any atom is 0.528 e. The molecule has 0 aliphatic carbocycles. The van der Waals surface area contributed by atoms with Gasteiger partial charge in [0.05, 0.1) is 63.6 Å². The second kappa shape index (κ2) is 31.9. The van der Waals surface area contributed by atoms with E-state index in [9.17, 15) is 56.9 Å². The first-order valence-corrected chi connectivity index (χ1v) is 39.6. The number of nitrogens with two attached hydrogens (primary N) is 4. The Morgan fingerprint density at radius 2 is 0.991 bits per heavy atom.